The molecule has 0 aromatic rings. The molecule has 0 aromatic carbocycles. The van der Waals surface area contributed by atoms with Crippen LogP contribution >= 0.6 is 0 Å². The van der Waals surface area contributed by atoms with Crippen LogP contribution in [0.3, 0.4) is 0 Å². The van der Waals surface area contributed by atoms with E-state index in [1.807, 2.05) is 13.8 Å². The minimum atomic E-state index is -0.429. The first-order valence-corrected chi connectivity index (χ1v) is 4.24. The van der Waals surface area contributed by atoms with Gasteiger partial charge in [-0.2, -0.15) is 0 Å². The third kappa shape index (κ3) is 2.52. The van der Waals surface area contributed by atoms with E-state index in [-0.39, 0.29) is 17.9 Å². The van der Waals surface area contributed by atoms with Gasteiger partial charge < -0.3 is 9.47 Å². The minimum Gasteiger partial charge on any atom is -0.393 e. The average molecular weight is 186 g/mol. The maximum atomic E-state index is 11.1. The SMILES string of the molecule is COC(C)(C)CC1CC(=O)OC1=O. The highest BCUT2D eigenvalue weighted by Crippen LogP contribution is 2.27. The van der Waals surface area contributed by atoms with Gasteiger partial charge in [-0.1, -0.05) is 0 Å². The summed E-state index contributed by atoms with van der Waals surface area (Å²) in [6.07, 6.45) is 0.708. The number of carbonyl (C=O) groups excluding carboxylic acids is 2. The first-order valence-electron chi connectivity index (χ1n) is 4.24. The number of rotatable bonds is 3. The lowest BCUT2D eigenvalue weighted by Gasteiger charge is -2.24. The van der Waals surface area contributed by atoms with Gasteiger partial charge in [-0.05, 0) is 20.3 Å². The van der Waals surface area contributed by atoms with Gasteiger partial charge in [0.25, 0.3) is 0 Å². The van der Waals surface area contributed by atoms with E-state index in [4.69, 9.17) is 4.74 Å². The van der Waals surface area contributed by atoms with Gasteiger partial charge >= 0.3 is 11.9 Å². The van der Waals surface area contributed by atoms with Crippen LogP contribution in [0.5, 0.6) is 0 Å². The summed E-state index contributed by atoms with van der Waals surface area (Å²) in [6.45, 7) is 3.76. The number of hydrogen-bond acceptors (Lipinski definition) is 4. The third-order valence-electron chi connectivity index (χ3n) is 2.25. The molecular weight excluding hydrogens is 172 g/mol. The highest BCUT2D eigenvalue weighted by Gasteiger charge is 2.37. The van der Waals surface area contributed by atoms with Crippen molar-refractivity contribution in [3.63, 3.8) is 0 Å². The van der Waals surface area contributed by atoms with Gasteiger partial charge in [0, 0.05) is 7.11 Å². The van der Waals surface area contributed by atoms with E-state index >= 15 is 0 Å². The highest BCUT2D eigenvalue weighted by molar-refractivity contribution is 5.94. The van der Waals surface area contributed by atoms with Gasteiger partial charge in [-0.25, -0.2) is 0 Å². The second kappa shape index (κ2) is 3.46. The molecule has 1 aliphatic rings. The average Bonchev–Trinajstić information content (AvgIpc) is 2.30. The van der Waals surface area contributed by atoms with Gasteiger partial charge in [0.05, 0.1) is 17.9 Å². The summed E-state index contributed by atoms with van der Waals surface area (Å²) in [5.74, 6) is -1.18. The predicted octanol–water partition coefficient (Wildman–Crippen LogP) is 0.891. The van der Waals surface area contributed by atoms with Crippen LogP contribution in [0.2, 0.25) is 0 Å². The molecule has 0 radical (unpaired) electrons. The van der Waals surface area contributed by atoms with Crippen LogP contribution in [-0.2, 0) is 19.1 Å². The van der Waals surface area contributed by atoms with Gasteiger partial charge in [0.15, 0.2) is 0 Å². The standard InChI is InChI=1S/C9H14O4/c1-9(2,12-3)5-6-4-7(10)13-8(6)11/h6H,4-5H2,1-3H3. The summed E-state index contributed by atoms with van der Waals surface area (Å²) < 4.78 is 9.59. The topological polar surface area (TPSA) is 52.6 Å². The maximum Gasteiger partial charge on any atom is 0.317 e. The van der Waals surface area contributed by atoms with Crippen molar-refractivity contribution in [3.05, 3.63) is 0 Å². The zero-order chi connectivity index (χ0) is 10.1. The Morgan fingerprint density at radius 3 is 2.54 bits per heavy atom. The molecule has 1 saturated heterocycles. The van der Waals surface area contributed by atoms with Crippen LogP contribution < -0.4 is 0 Å². The Bertz CT molecular complexity index is 232. The summed E-state index contributed by atoms with van der Waals surface area (Å²) in [4.78, 5) is 21.8. The zero-order valence-electron chi connectivity index (χ0n) is 8.12. The van der Waals surface area contributed by atoms with Gasteiger partial charge in [-0.3, -0.25) is 9.59 Å². The molecule has 13 heavy (non-hydrogen) atoms. The quantitative estimate of drug-likeness (QED) is 0.485. The first-order chi connectivity index (χ1) is 5.94. The Morgan fingerprint density at radius 2 is 2.15 bits per heavy atom. The van der Waals surface area contributed by atoms with E-state index in [0.29, 0.717) is 6.42 Å². The first kappa shape index (κ1) is 10.2. The molecule has 0 bridgehead atoms. The molecule has 4 nitrogen and oxygen atoms in total. The van der Waals surface area contributed by atoms with Gasteiger partial charge in [0.2, 0.25) is 0 Å². The van der Waals surface area contributed by atoms with Crippen molar-refractivity contribution in [1.82, 2.24) is 0 Å². The molecule has 1 atom stereocenters. The number of ether oxygens (including phenoxy) is 2. The lowest BCUT2D eigenvalue weighted by molar-refractivity contribution is -0.153. The molecule has 1 rings (SSSR count). The van der Waals surface area contributed by atoms with E-state index in [2.05, 4.69) is 4.74 Å². The summed E-state index contributed by atoms with van der Waals surface area (Å²) >= 11 is 0. The Hall–Kier alpha value is -0.900. The Balaban J connectivity index is 2.55. The molecule has 4 heteroatoms. The molecule has 0 spiro atoms. The van der Waals surface area contributed by atoms with Crippen molar-refractivity contribution in [2.24, 2.45) is 5.92 Å². The molecule has 1 heterocycles. The number of esters is 2. The van der Waals surface area contributed by atoms with E-state index in [1.165, 1.54) is 0 Å². The van der Waals surface area contributed by atoms with Crippen molar-refractivity contribution in [2.45, 2.75) is 32.3 Å². The van der Waals surface area contributed by atoms with E-state index in [1.54, 1.807) is 7.11 Å². The van der Waals surface area contributed by atoms with Crippen molar-refractivity contribution in [1.29, 1.82) is 0 Å². The van der Waals surface area contributed by atoms with Crippen LogP contribution in [0.15, 0.2) is 0 Å². The van der Waals surface area contributed by atoms with Crippen molar-refractivity contribution in [2.75, 3.05) is 7.11 Å². The second-order valence-electron chi connectivity index (χ2n) is 3.86. The fraction of sp³-hybridized carbons (Fsp3) is 0.778. The van der Waals surface area contributed by atoms with E-state index in [9.17, 15) is 9.59 Å². The molecule has 74 valence electrons. The van der Waals surface area contributed by atoms with Crippen molar-refractivity contribution in [3.8, 4) is 0 Å². The largest absolute Gasteiger partial charge is 0.393 e. The normalized spacial score (nSPS) is 23.5. The molecule has 0 N–H and O–H groups in total. The fourth-order valence-corrected chi connectivity index (χ4v) is 1.35. The van der Waals surface area contributed by atoms with Gasteiger partial charge in [0.1, 0.15) is 0 Å². The molecule has 0 saturated carbocycles. The molecule has 1 unspecified atom stereocenters. The second-order valence-corrected chi connectivity index (χ2v) is 3.86. The molecule has 0 aliphatic carbocycles. The van der Waals surface area contributed by atoms with Gasteiger partial charge in [-0.15, -0.1) is 0 Å². The molecule has 0 aromatic heterocycles. The van der Waals surface area contributed by atoms with Crippen molar-refractivity contribution < 1.29 is 19.1 Å². The van der Waals surface area contributed by atoms with Crippen LogP contribution in [0.25, 0.3) is 0 Å². The summed E-state index contributed by atoms with van der Waals surface area (Å²) in [5.41, 5.74) is -0.381. The van der Waals surface area contributed by atoms with E-state index in [0.717, 1.165) is 0 Å². The Morgan fingerprint density at radius 1 is 1.54 bits per heavy atom. The molecule has 0 amide bonds. The number of cyclic esters (lactones) is 2. The van der Waals surface area contributed by atoms with Crippen LogP contribution in [0, 0.1) is 5.92 Å². The van der Waals surface area contributed by atoms with E-state index < -0.39 is 11.9 Å². The molecule has 1 fully saturated rings. The lowest BCUT2D eigenvalue weighted by Crippen LogP contribution is -2.27. The van der Waals surface area contributed by atoms with Crippen LogP contribution in [0.4, 0.5) is 0 Å². The van der Waals surface area contributed by atoms with Crippen LogP contribution in [0.1, 0.15) is 26.7 Å². The molecule has 1 aliphatic heterocycles. The fourth-order valence-electron chi connectivity index (χ4n) is 1.35. The summed E-state index contributed by atoms with van der Waals surface area (Å²) in [5, 5.41) is 0. The van der Waals surface area contributed by atoms with Crippen LogP contribution in [-0.4, -0.2) is 24.6 Å². The molecular formula is C9H14O4. The maximum absolute atomic E-state index is 11.1. The Labute approximate surface area is 77.2 Å². The zero-order valence-corrected chi connectivity index (χ0v) is 8.12. The summed E-state index contributed by atoms with van der Waals surface area (Å²) in [6, 6.07) is 0. The number of methoxy groups -OCH3 is 1. The summed E-state index contributed by atoms with van der Waals surface area (Å²) in [7, 11) is 1.59. The predicted molar refractivity (Wildman–Crippen MR) is 44.9 cm³/mol. The lowest BCUT2D eigenvalue weighted by atomic mass is 9.92. The monoisotopic (exact) mass is 186 g/mol. The third-order valence-corrected chi connectivity index (χ3v) is 2.25. The van der Waals surface area contributed by atoms with Crippen molar-refractivity contribution >= 4 is 11.9 Å². The highest BCUT2D eigenvalue weighted by atomic mass is 16.6. The number of hydrogen-bond donors (Lipinski definition) is 0. The minimum absolute atomic E-state index is 0.186. The Kier molecular flexibility index (Phi) is 2.71. The number of carbonyl (C=O) groups is 2. The smallest absolute Gasteiger partial charge is 0.317 e.